The maximum absolute atomic E-state index is 12.3. The maximum Gasteiger partial charge on any atom is 0.236 e. The number of anilines is 1. The van der Waals surface area contributed by atoms with E-state index in [4.69, 9.17) is 4.74 Å². The number of benzene rings is 2. The number of carbonyl (C=O) groups is 1. The largest absolute Gasteiger partial charge is 0.497 e. The molecular formula is C22H22N2O2S2. The van der Waals surface area contributed by atoms with Crippen LogP contribution in [0.5, 0.6) is 5.75 Å². The number of aromatic nitrogens is 1. The second-order valence-electron chi connectivity index (χ2n) is 6.74. The SMILES string of the molecule is COc1ccc(SCC(=O)Nc2nc(-c3ccc4c(c3)CCCC4)cs2)cc1. The molecule has 2 aromatic carbocycles. The van der Waals surface area contributed by atoms with Crippen LogP contribution in [0.25, 0.3) is 11.3 Å². The minimum atomic E-state index is -0.0489. The second kappa shape index (κ2) is 8.80. The van der Waals surface area contributed by atoms with Gasteiger partial charge in [0.15, 0.2) is 5.13 Å². The van der Waals surface area contributed by atoms with Gasteiger partial charge in [-0.15, -0.1) is 23.1 Å². The first-order valence-electron chi connectivity index (χ1n) is 9.36. The molecule has 3 aromatic rings. The summed E-state index contributed by atoms with van der Waals surface area (Å²) in [5.74, 6) is 1.11. The van der Waals surface area contributed by atoms with Crippen LogP contribution in [-0.4, -0.2) is 23.8 Å². The number of rotatable bonds is 6. The number of nitrogens with zero attached hydrogens (tertiary/aromatic N) is 1. The fraction of sp³-hybridized carbons (Fsp3) is 0.273. The van der Waals surface area contributed by atoms with Crippen molar-refractivity contribution < 1.29 is 9.53 Å². The van der Waals surface area contributed by atoms with E-state index in [0.717, 1.165) is 28.3 Å². The molecule has 0 aliphatic heterocycles. The summed E-state index contributed by atoms with van der Waals surface area (Å²) in [6.07, 6.45) is 4.88. The molecule has 0 atom stereocenters. The van der Waals surface area contributed by atoms with Gasteiger partial charge < -0.3 is 10.1 Å². The Morgan fingerprint density at radius 2 is 1.93 bits per heavy atom. The van der Waals surface area contributed by atoms with Crippen molar-refractivity contribution in [2.45, 2.75) is 30.6 Å². The molecule has 0 saturated heterocycles. The highest BCUT2D eigenvalue weighted by Gasteiger charge is 2.13. The van der Waals surface area contributed by atoms with Crippen molar-refractivity contribution in [3.63, 3.8) is 0 Å². The normalized spacial score (nSPS) is 13.0. The molecule has 0 unspecified atom stereocenters. The summed E-state index contributed by atoms with van der Waals surface area (Å²) in [6.45, 7) is 0. The average molecular weight is 411 g/mol. The van der Waals surface area contributed by atoms with E-state index in [1.165, 1.54) is 53.5 Å². The molecule has 144 valence electrons. The minimum Gasteiger partial charge on any atom is -0.497 e. The number of ether oxygens (including phenoxy) is 1. The van der Waals surface area contributed by atoms with Gasteiger partial charge in [0.05, 0.1) is 18.6 Å². The molecule has 0 fully saturated rings. The van der Waals surface area contributed by atoms with E-state index in [0.29, 0.717) is 10.9 Å². The maximum atomic E-state index is 12.3. The van der Waals surface area contributed by atoms with Crippen LogP contribution in [0.3, 0.4) is 0 Å². The lowest BCUT2D eigenvalue weighted by atomic mass is 9.90. The van der Waals surface area contributed by atoms with E-state index in [2.05, 4.69) is 28.5 Å². The number of hydrogen-bond donors (Lipinski definition) is 1. The van der Waals surface area contributed by atoms with Gasteiger partial charge in [0.25, 0.3) is 0 Å². The summed E-state index contributed by atoms with van der Waals surface area (Å²) in [7, 11) is 1.64. The van der Waals surface area contributed by atoms with Crippen LogP contribution in [-0.2, 0) is 17.6 Å². The van der Waals surface area contributed by atoms with Crippen LogP contribution >= 0.6 is 23.1 Å². The van der Waals surface area contributed by atoms with Gasteiger partial charge in [-0.25, -0.2) is 4.98 Å². The topological polar surface area (TPSA) is 51.2 Å². The van der Waals surface area contributed by atoms with Crippen LogP contribution in [0.1, 0.15) is 24.0 Å². The molecule has 1 heterocycles. The van der Waals surface area contributed by atoms with Crippen LogP contribution in [0, 0.1) is 0 Å². The first-order chi connectivity index (χ1) is 13.7. The number of amides is 1. The monoisotopic (exact) mass is 410 g/mol. The lowest BCUT2D eigenvalue weighted by Gasteiger charge is -2.16. The fourth-order valence-electron chi connectivity index (χ4n) is 3.33. The van der Waals surface area contributed by atoms with Gasteiger partial charge in [-0.2, -0.15) is 0 Å². The predicted molar refractivity (Wildman–Crippen MR) is 117 cm³/mol. The summed E-state index contributed by atoms with van der Waals surface area (Å²) in [5.41, 5.74) is 4.97. The Morgan fingerprint density at radius 3 is 2.71 bits per heavy atom. The third-order valence-electron chi connectivity index (χ3n) is 4.82. The first kappa shape index (κ1) is 19.0. The molecule has 1 aliphatic carbocycles. The number of fused-ring (bicyclic) bond motifs is 1. The van der Waals surface area contributed by atoms with Gasteiger partial charge in [0.1, 0.15) is 5.75 Å². The highest BCUT2D eigenvalue weighted by molar-refractivity contribution is 8.00. The van der Waals surface area contributed by atoms with Crippen LogP contribution in [0.4, 0.5) is 5.13 Å². The van der Waals surface area contributed by atoms with Crippen molar-refractivity contribution >= 4 is 34.1 Å². The average Bonchev–Trinajstić information content (AvgIpc) is 3.20. The van der Waals surface area contributed by atoms with Gasteiger partial charge in [-0.05, 0) is 67.1 Å². The number of nitrogens with one attached hydrogen (secondary N) is 1. The fourth-order valence-corrected chi connectivity index (χ4v) is 4.77. The number of thioether (sulfide) groups is 1. The molecule has 0 bridgehead atoms. The van der Waals surface area contributed by atoms with Gasteiger partial charge in [-0.3, -0.25) is 4.79 Å². The molecule has 1 amide bonds. The van der Waals surface area contributed by atoms with E-state index in [1.54, 1.807) is 7.11 Å². The number of hydrogen-bond acceptors (Lipinski definition) is 5. The molecule has 1 aliphatic rings. The highest BCUT2D eigenvalue weighted by atomic mass is 32.2. The number of aryl methyl sites for hydroxylation is 2. The lowest BCUT2D eigenvalue weighted by molar-refractivity contribution is -0.113. The van der Waals surface area contributed by atoms with Crippen molar-refractivity contribution in [1.29, 1.82) is 0 Å². The standard InChI is InChI=1S/C22H22N2O2S2/c1-26-18-8-10-19(11-9-18)27-14-21(25)24-22-23-20(13-28-22)17-7-6-15-4-2-3-5-16(15)12-17/h6-13H,2-5,14H2,1H3,(H,23,24,25). The van der Waals surface area contributed by atoms with E-state index in [-0.39, 0.29) is 5.91 Å². The van der Waals surface area contributed by atoms with Crippen molar-refractivity contribution in [3.8, 4) is 17.0 Å². The van der Waals surface area contributed by atoms with Crippen molar-refractivity contribution in [1.82, 2.24) is 4.98 Å². The van der Waals surface area contributed by atoms with E-state index in [1.807, 2.05) is 29.6 Å². The molecule has 0 spiro atoms. The Hall–Kier alpha value is -2.31. The van der Waals surface area contributed by atoms with Crippen molar-refractivity contribution in [3.05, 3.63) is 59.0 Å². The van der Waals surface area contributed by atoms with Crippen molar-refractivity contribution in [2.24, 2.45) is 0 Å². The third-order valence-corrected chi connectivity index (χ3v) is 6.59. The molecule has 28 heavy (non-hydrogen) atoms. The van der Waals surface area contributed by atoms with Gasteiger partial charge in [0, 0.05) is 15.8 Å². The molecule has 4 nitrogen and oxygen atoms in total. The highest BCUT2D eigenvalue weighted by Crippen LogP contribution is 2.30. The number of thiazole rings is 1. The Bertz CT molecular complexity index is 967. The molecule has 1 N–H and O–H groups in total. The zero-order valence-electron chi connectivity index (χ0n) is 15.7. The smallest absolute Gasteiger partial charge is 0.236 e. The third kappa shape index (κ3) is 4.56. The summed E-state index contributed by atoms with van der Waals surface area (Å²) < 4.78 is 5.15. The Kier molecular flexibility index (Phi) is 5.98. The zero-order valence-corrected chi connectivity index (χ0v) is 17.4. The Labute approximate surface area is 173 Å². The summed E-state index contributed by atoms with van der Waals surface area (Å²) in [6, 6.07) is 14.3. The zero-order chi connectivity index (χ0) is 19.3. The van der Waals surface area contributed by atoms with E-state index >= 15 is 0 Å². The first-order valence-corrected chi connectivity index (χ1v) is 11.2. The molecule has 6 heteroatoms. The van der Waals surface area contributed by atoms with Crippen LogP contribution in [0.15, 0.2) is 52.7 Å². The number of carbonyl (C=O) groups excluding carboxylic acids is 1. The number of methoxy groups -OCH3 is 1. The second-order valence-corrected chi connectivity index (χ2v) is 8.65. The summed E-state index contributed by atoms with van der Waals surface area (Å²) in [4.78, 5) is 17.9. The van der Waals surface area contributed by atoms with Crippen molar-refractivity contribution in [2.75, 3.05) is 18.2 Å². The van der Waals surface area contributed by atoms with Gasteiger partial charge in [0.2, 0.25) is 5.91 Å². The van der Waals surface area contributed by atoms with Crippen LogP contribution in [0.2, 0.25) is 0 Å². The summed E-state index contributed by atoms with van der Waals surface area (Å²) in [5, 5.41) is 5.57. The minimum absolute atomic E-state index is 0.0489. The Morgan fingerprint density at radius 1 is 1.14 bits per heavy atom. The molecule has 0 radical (unpaired) electrons. The summed E-state index contributed by atoms with van der Waals surface area (Å²) >= 11 is 2.96. The van der Waals surface area contributed by atoms with Gasteiger partial charge in [-0.1, -0.05) is 12.1 Å². The molecule has 4 rings (SSSR count). The molecular weight excluding hydrogens is 388 g/mol. The molecule has 1 aromatic heterocycles. The van der Waals surface area contributed by atoms with Crippen LogP contribution < -0.4 is 10.1 Å². The Balaban J connectivity index is 1.35. The van der Waals surface area contributed by atoms with E-state index in [9.17, 15) is 4.79 Å². The van der Waals surface area contributed by atoms with E-state index < -0.39 is 0 Å². The lowest BCUT2D eigenvalue weighted by Crippen LogP contribution is -2.13. The molecule has 0 saturated carbocycles. The quantitative estimate of drug-likeness (QED) is 0.551. The predicted octanol–water partition coefficient (Wildman–Crippen LogP) is 5.43. The van der Waals surface area contributed by atoms with Gasteiger partial charge >= 0.3 is 0 Å².